The summed E-state index contributed by atoms with van der Waals surface area (Å²) in [6, 6.07) is 8.90. The maximum Gasteiger partial charge on any atom is 0.425 e. The van der Waals surface area contributed by atoms with Gasteiger partial charge in [0.15, 0.2) is 0 Å². The van der Waals surface area contributed by atoms with E-state index in [1.165, 1.54) is 12.1 Å². The predicted octanol–water partition coefficient (Wildman–Crippen LogP) is 4.39. The molecular weight excluding hydrogens is 340 g/mol. The average molecular weight is 349 g/mol. The van der Waals surface area contributed by atoms with Crippen molar-refractivity contribution in [2.24, 2.45) is 0 Å². The van der Waals surface area contributed by atoms with Crippen LogP contribution in [0.15, 0.2) is 53.0 Å². The summed E-state index contributed by atoms with van der Waals surface area (Å²) in [6.07, 6.45) is -4.98. The molecule has 2 rings (SSSR count). The van der Waals surface area contributed by atoms with Crippen molar-refractivity contribution in [1.82, 2.24) is 0 Å². The van der Waals surface area contributed by atoms with Gasteiger partial charge in [0.1, 0.15) is 5.82 Å². The molecule has 106 valence electrons. The standard InChI is InChI=1S/C14H9BrF4O/c15-11-6-4-9(5-7-11)13(20,14(17,18)19)10-2-1-3-12(16)8-10/h1-8,20H. The van der Waals surface area contributed by atoms with E-state index in [9.17, 15) is 22.7 Å². The third kappa shape index (κ3) is 2.58. The first-order valence-corrected chi connectivity index (χ1v) is 6.35. The van der Waals surface area contributed by atoms with Crippen molar-refractivity contribution >= 4 is 15.9 Å². The number of benzene rings is 2. The molecule has 2 aromatic rings. The normalized spacial score (nSPS) is 14.9. The van der Waals surface area contributed by atoms with E-state index in [1.807, 2.05) is 0 Å². The van der Waals surface area contributed by atoms with E-state index < -0.39 is 23.2 Å². The van der Waals surface area contributed by atoms with E-state index in [-0.39, 0.29) is 5.56 Å². The number of aliphatic hydroxyl groups is 1. The Labute approximate surface area is 121 Å². The van der Waals surface area contributed by atoms with Crippen LogP contribution in [0, 0.1) is 5.82 Å². The molecule has 1 unspecified atom stereocenters. The number of hydrogen-bond donors (Lipinski definition) is 1. The number of hydrogen-bond acceptors (Lipinski definition) is 1. The van der Waals surface area contributed by atoms with Crippen LogP contribution in [-0.2, 0) is 5.60 Å². The van der Waals surface area contributed by atoms with Crippen LogP contribution in [-0.4, -0.2) is 11.3 Å². The van der Waals surface area contributed by atoms with Gasteiger partial charge in [0.2, 0.25) is 5.60 Å². The van der Waals surface area contributed by atoms with Crippen LogP contribution in [0.1, 0.15) is 11.1 Å². The Morgan fingerprint density at radius 1 is 0.900 bits per heavy atom. The van der Waals surface area contributed by atoms with Gasteiger partial charge in [-0.25, -0.2) is 4.39 Å². The van der Waals surface area contributed by atoms with E-state index >= 15 is 0 Å². The van der Waals surface area contributed by atoms with Crippen LogP contribution in [0.2, 0.25) is 0 Å². The second-order valence-electron chi connectivity index (χ2n) is 4.23. The maximum absolute atomic E-state index is 13.3. The van der Waals surface area contributed by atoms with Crippen molar-refractivity contribution in [2.45, 2.75) is 11.8 Å². The van der Waals surface area contributed by atoms with E-state index in [0.717, 1.165) is 30.3 Å². The fourth-order valence-electron chi connectivity index (χ4n) is 1.90. The third-order valence-electron chi connectivity index (χ3n) is 2.91. The Morgan fingerprint density at radius 2 is 1.50 bits per heavy atom. The largest absolute Gasteiger partial charge is 0.425 e. The lowest BCUT2D eigenvalue weighted by molar-refractivity contribution is -0.248. The minimum Gasteiger partial charge on any atom is -0.372 e. The highest BCUT2D eigenvalue weighted by Gasteiger charge is 2.56. The molecule has 2 aromatic carbocycles. The van der Waals surface area contributed by atoms with Crippen LogP contribution in [0.3, 0.4) is 0 Å². The molecule has 0 aliphatic heterocycles. The highest BCUT2D eigenvalue weighted by molar-refractivity contribution is 9.10. The van der Waals surface area contributed by atoms with Crippen molar-refractivity contribution in [2.75, 3.05) is 0 Å². The first-order chi connectivity index (χ1) is 9.25. The maximum atomic E-state index is 13.3. The van der Waals surface area contributed by atoms with E-state index in [4.69, 9.17) is 0 Å². The van der Waals surface area contributed by atoms with Crippen LogP contribution in [0.5, 0.6) is 0 Å². The minimum absolute atomic E-state index is 0.376. The topological polar surface area (TPSA) is 20.2 Å². The van der Waals surface area contributed by atoms with Crippen LogP contribution in [0.4, 0.5) is 17.6 Å². The monoisotopic (exact) mass is 348 g/mol. The molecule has 0 aromatic heterocycles. The molecule has 1 nitrogen and oxygen atoms in total. The average Bonchev–Trinajstić information content (AvgIpc) is 2.37. The van der Waals surface area contributed by atoms with Crippen LogP contribution < -0.4 is 0 Å². The number of halogens is 5. The molecule has 0 aliphatic carbocycles. The molecule has 20 heavy (non-hydrogen) atoms. The van der Waals surface area contributed by atoms with E-state index in [2.05, 4.69) is 15.9 Å². The number of rotatable bonds is 2. The highest BCUT2D eigenvalue weighted by atomic mass is 79.9. The van der Waals surface area contributed by atoms with Gasteiger partial charge in [-0.3, -0.25) is 0 Å². The fraction of sp³-hybridized carbons (Fsp3) is 0.143. The summed E-state index contributed by atoms with van der Waals surface area (Å²) in [4.78, 5) is 0. The minimum atomic E-state index is -4.98. The molecule has 0 fully saturated rings. The molecule has 1 N–H and O–H groups in total. The van der Waals surface area contributed by atoms with Gasteiger partial charge in [-0.05, 0) is 29.8 Å². The summed E-state index contributed by atoms with van der Waals surface area (Å²) in [6.45, 7) is 0. The van der Waals surface area contributed by atoms with Crippen molar-refractivity contribution in [3.05, 3.63) is 69.9 Å². The predicted molar refractivity (Wildman–Crippen MR) is 69.6 cm³/mol. The Hall–Kier alpha value is -1.40. The Morgan fingerprint density at radius 3 is 2.00 bits per heavy atom. The smallest absolute Gasteiger partial charge is 0.372 e. The lowest BCUT2D eigenvalue weighted by Crippen LogP contribution is -2.43. The second-order valence-corrected chi connectivity index (χ2v) is 5.14. The molecule has 0 heterocycles. The fourth-order valence-corrected chi connectivity index (χ4v) is 2.16. The van der Waals surface area contributed by atoms with Crippen LogP contribution in [0.25, 0.3) is 0 Å². The van der Waals surface area contributed by atoms with Gasteiger partial charge in [0.05, 0.1) is 0 Å². The third-order valence-corrected chi connectivity index (χ3v) is 3.44. The molecule has 0 aliphatic rings. The molecule has 0 spiro atoms. The first-order valence-electron chi connectivity index (χ1n) is 5.56. The lowest BCUT2D eigenvalue weighted by atomic mass is 9.85. The lowest BCUT2D eigenvalue weighted by Gasteiger charge is -2.31. The zero-order valence-corrected chi connectivity index (χ0v) is 11.5. The van der Waals surface area contributed by atoms with Crippen LogP contribution >= 0.6 is 15.9 Å². The summed E-state index contributed by atoms with van der Waals surface area (Å²) in [5, 5.41) is 10.2. The zero-order valence-electron chi connectivity index (χ0n) is 9.96. The summed E-state index contributed by atoms with van der Waals surface area (Å²) < 4.78 is 53.7. The molecule has 0 saturated heterocycles. The van der Waals surface area contributed by atoms with Gasteiger partial charge >= 0.3 is 6.18 Å². The summed E-state index contributed by atoms with van der Waals surface area (Å²) >= 11 is 3.11. The number of alkyl halides is 3. The van der Waals surface area contributed by atoms with Crippen molar-refractivity contribution < 1.29 is 22.7 Å². The van der Waals surface area contributed by atoms with Crippen molar-refractivity contribution in [3.8, 4) is 0 Å². The molecule has 6 heteroatoms. The first kappa shape index (κ1) is 15.0. The van der Waals surface area contributed by atoms with Crippen molar-refractivity contribution in [3.63, 3.8) is 0 Å². The summed E-state index contributed by atoms with van der Waals surface area (Å²) in [5.41, 5.74) is -4.19. The molecule has 0 amide bonds. The van der Waals surface area contributed by atoms with Gasteiger partial charge in [0, 0.05) is 10.0 Å². The van der Waals surface area contributed by atoms with Gasteiger partial charge in [-0.15, -0.1) is 0 Å². The molecule has 1 atom stereocenters. The van der Waals surface area contributed by atoms with E-state index in [0.29, 0.717) is 10.5 Å². The summed E-state index contributed by atoms with van der Waals surface area (Å²) in [5.74, 6) is -0.845. The molecule has 0 radical (unpaired) electrons. The molecule has 0 bridgehead atoms. The highest BCUT2D eigenvalue weighted by Crippen LogP contribution is 2.44. The SMILES string of the molecule is OC(c1ccc(Br)cc1)(c1cccc(F)c1)C(F)(F)F. The Kier molecular flexibility index (Phi) is 3.88. The van der Waals surface area contributed by atoms with Gasteiger partial charge in [-0.2, -0.15) is 13.2 Å². The zero-order chi connectivity index (χ0) is 15.0. The molecular formula is C14H9BrF4O. The van der Waals surface area contributed by atoms with Gasteiger partial charge in [-0.1, -0.05) is 40.2 Å². The van der Waals surface area contributed by atoms with E-state index in [1.54, 1.807) is 0 Å². The Bertz CT molecular complexity index is 609. The second kappa shape index (κ2) is 5.18. The van der Waals surface area contributed by atoms with Crippen molar-refractivity contribution in [1.29, 1.82) is 0 Å². The van der Waals surface area contributed by atoms with Gasteiger partial charge in [0.25, 0.3) is 0 Å². The molecule has 0 saturated carbocycles. The Balaban J connectivity index is 2.66. The summed E-state index contributed by atoms with van der Waals surface area (Å²) in [7, 11) is 0. The van der Waals surface area contributed by atoms with Gasteiger partial charge < -0.3 is 5.11 Å². The quantitative estimate of drug-likeness (QED) is 0.798.